The molecule has 0 saturated carbocycles. The lowest BCUT2D eigenvalue weighted by atomic mass is 10.0. The van der Waals surface area contributed by atoms with Crippen LogP contribution in [0.4, 0.5) is 0 Å². The summed E-state index contributed by atoms with van der Waals surface area (Å²) in [6, 6.07) is 0. The normalized spacial score (nSPS) is 13.6. The molecular formula is C36H74NO7P. The second-order valence-corrected chi connectivity index (χ2v) is 14.3. The molecule has 0 amide bonds. The Hall–Kier alpha value is -0.500. The molecule has 2 unspecified atom stereocenters. The van der Waals surface area contributed by atoms with Gasteiger partial charge in [-0.3, -0.25) is 13.8 Å². The standard InChI is InChI=1S/C36H74NO7P/c1-3-5-7-9-10-11-12-13-14-15-16-17-18-19-20-21-22-23-24-26-28-31-41-33-35(34-43-45(39,40)42-32-30-37)44-36(38)29-27-25-8-6-4-2/h35H,3-34,37H2,1-2H3,(H,39,40). The van der Waals surface area contributed by atoms with E-state index < -0.39 is 13.9 Å². The topological polar surface area (TPSA) is 117 Å². The maximum Gasteiger partial charge on any atom is 0.472 e. The van der Waals surface area contributed by atoms with Gasteiger partial charge in [0.1, 0.15) is 6.10 Å². The number of hydrogen-bond acceptors (Lipinski definition) is 7. The van der Waals surface area contributed by atoms with E-state index in [2.05, 4.69) is 13.8 Å². The number of phosphoric acid groups is 1. The SMILES string of the molecule is CCCCCCCCCCCCCCCCCCCCCCCOCC(COP(=O)(O)OCCN)OC(=O)CCCCCCC. The first-order valence-corrected chi connectivity index (χ1v) is 20.5. The fraction of sp³-hybridized carbons (Fsp3) is 0.972. The fourth-order valence-corrected chi connectivity index (χ4v) is 6.23. The Bertz CT molecular complexity index is 667. The largest absolute Gasteiger partial charge is 0.472 e. The lowest BCUT2D eigenvalue weighted by molar-refractivity contribution is -0.154. The van der Waals surface area contributed by atoms with Crippen LogP contribution in [0.1, 0.15) is 187 Å². The van der Waals surface area contributed by atoms with Gasteiger partial charge < -0.3 is 20.1 Å². The van der Waals surface area contributed by atoms with Crippen LogP contribution in [-0.2, 0) is 27.9 Å². The summed E-state index contributed by atoms with van der Waals surface area (Å²) in [6.07, 6.45) is 33.1. The lowest BCUT2D eigenvalue weighted by Crippen LogP contribution is -2.28. The third-order valence-electron chi connectivity index (χ3n) is 8.27. The molecule has 0 bridgehead atoms. The average molecular weight is 664 g/mol. The van der Waals surface area contributed by atoms with Gasteiger partial charge in [0.05, 0.1) is 19.8 Å². The van der Waals surface area contributed by atoms with Crippen LogP contribution < -0.4 is 5.73 Å². The molecule has 0 aliphatic heterocycles. The molecule has 9 heteroatoms. The molecule has 0 rings (SSSR count). The van der Waals surface area contributed by atoms with Crippen molar-refractivity contribution in [1.82, 2.24) is 0 Å². The highest BCUT2D eigenvalue weighted by molar-refractivity contribution is 7.47. The Morgan fingerprint density at radius 2 is 0.978 bits per heavy atom. The first-order chi connectivity index (χ1) is 21.9. The molecule has 8 nitrogen and oxygen atoms in total. The number of hydrogen-bond donors (Lipinski definition) is 2. The molecule has 0 aliphatic carbocycles. The summed E-state index contributed by atoms with van der Waals surface area (Å²) in [5.41, 5.74) is 5.33. The van der Waals surface area contributed by atoms with Gasteiger partial charge in [-0.05, 0) is 12.8 Å². The quantitative estimate of drug-likeness (QED) is 0.0383. The van der Waals surface area contributed by atoms with E-state index in [1.807, 2.05) is 0 Å². The van der Waals surface area contributed by atoms with Crippen molar-refractivity contribution in [3.05, 3.63) is 0 Å². The zero-order valence-electron chi connectivity index (χ0n) is 29.6. The van der Waals surface area contributed by atoms with E-state index in [9.17, 15) is 14.3 Å². The highest BCUT2D eigenvalue weighted by atomic mass is 31.2. The first kappa shape index (κ1) is 44.5. The van der Waals surface area contributed by atoms with Gasteiger partial charge in [-0.25, -0.2) is 4.57 Å². The van der Waals surface area contributed by atoms with E-state index in [-0.39, 0.29) is 32.3 Å². The highest BCUT2D eigenvalue weighted by Gasteiger charge is 2.25. The second-order valence-electron chi connectivity index (χ2n) is 12.8. The van der Waals surface area contributed by atoms with Crippen LogP contribution in [-0.4, -0.2) is 49.9 Å². The maximum absolute atomic E-state index is 12.3. The van der Waals surface area contributed by atoms with Crippen LogP contribution in [0.25, 0.3) is 0 Å². The van der Waals surface area contributed by atoms with Crippen molar-refractivity contribution < 1.29 is 32.8 Å². The summed E-state index contributed by atoms with van der Waals surface area (Å²) < 4.78 is 33.0. The third kappa shape index (κ3) is 34.6. The Kier molecular flexibility index (Phi) is 34.4. The molecule has 0 saturated heterocycles. The molecule has 45 heavy (non-hydrogen) atoms. The van der Waals surface area contributed by atoms with Gasteiger partial charge in [0.15, 0.2) is 0 Å². The number of phosphoric ester groups is 1. The van der Waals surface area contributed by atoms with Crippen molar-refractivity contribution in [3.63, 3.8) is 0 Å². The number of rotatable bonds is 37. The molecule has 0 aromatic rings. The molecule has 3 N–H and O–H groups in total. The van der Waals surface area contributed by atoms with Gasteiger partial charge in [-0.1, -0.05) is 168 Å². The van der Waals surface area contributed by atoms with E-state index in [0.29, 0.717) is 13.0 Å². The highest BCUT2D eigenvalue weighted by Crippen LogP contribution is 2.43. The Balaban J connectivity index is 3.78. The number of unbranched alkanes of at least 4 members (excludes halogenated alkanes) is 24. The minimum atomic E-state index is -4.25. The van der Waals surface area contributed by atoms with Gasteiger partial charge in [-0.15, -0.1) is 0 Å². The minimum absolute atomic E-state index is 0.0913. The molecule has 0 heterocycles. The van der Waals surface area contributed by atoms with Gasteiger partial charge in [0.2, 0.25) is 0 Å². The molecular weight excluding hydrogens is 589 g/mol. The van der Waals surface area contributed by atoms with Crippen LogP contribution in [0.15, 0.2) is 0 Å². The first-order valence-electron chi connectivity index (χ1n) is 19.0. The Morgan fingerprint density at radius 1 is 0.578 bits per heavy atom. The smallest absolute Gasteiger partial charge is 0.457 e. The van der Waals surface area contributed by atoms with E-state index in [1.165, 1.54) is 122 Å². The average Bonchev–Trinajstić information content (AvgIpc) is 3.02. The zero-order chi connectivity index (χ0) is 33.1. The fourth-order valence-electron chi connectivity index (χ4n) is 5.47. The van der Waals surface area contributed by atoms with Crippen LogP contribution in [0.3, 0.4) is 0 Å². The predicted molar refractivity (Wildman–Crippen MR) is 187 cm³/mol. The zero-order valence-corrected chi connectivity index (χ0v) is 30.5. The van der Waals surface area contributed by atoms with E-state index in [0.717, 1.165) is 44.9 Å². The molecule has 0 radical (unpaired) electrons. The van der Waals surface area contributed by atoms with Gasteiger partial charge >= 0.3 is 13.8 Å². The van der Waals surface area contributed by atoms with Gasteiger partial charge in [0.25, 0.3) is 0 Å². The molecule has 0 spiro atoms. The summed E-state index contributed by atoms with van der Waals surface area (Å²) in [5, 5.41) is 0. The summed E-state index contributed by atoms with van der Waals surface area (Å²) in [4.78, 5) is 22.1. The van der Waals surface area contributed by atoms with Crippen LogP contribution in [0.2, 0.25) is 0 Å². The van der Waals surface area contributed by atoms with E-state index >= 15 is 0 Å². The molecule has 2 atom stereocenters. The summed E-state index contributed by atoms with van der Waals surface area (Å²) >= 11 is 0. The molecule has 0 fully saturated rings. The molecule has 0 aliphatic rings. The molecule has 270 valence electrons. The van der Waals surface area contributed by atoms with Gasteiger partial charge in [-0.2, -0.15) is 0 Å². The summed E-state index contributed by atoms with van der Waals surface area (Å²) in [7, 11) is -4.25. The molecule has 0 aromatic heterocycles. The number of esters is 1. The number of nitrogens with two attached hydrogens (primary N) is 1. The maximum atomic E-state index is 12.3. The Morgan fingerprint density at radius 3 is 1.40 bits per heavy atom. The van der Waals surface area contributed by atoms with Crippen LogP contribution in [0, 0.1) is 0 Å². The van der Waals surface area contributed by atoms with Crippen molar-refractivity contribution in [2.75, 3.05) is 33.0 Å². The monoisotopic (exact) mass is 664 g/mol. The van der Waals surface area contributed by atoms with Crippen molar-refractivity contribution in [1.29, 1.82) is 0 Å². The number of carbonyl (C=O) groups is 1. The van der Waals surface area contributed by atoms with Gasteiger partial charge in [0, 0.05) is 19.6 Å². The van der Waals surface area contributed by atoms with Crippen molar-refractivity contribution in [2.45, 2.75) is 193 Å². The molecule has 0 aromatic carbocycles. The van der Waals surface area contributed by atoms with Crippen LogP contribution in [0.5, 0.6) is 0 Å². The van der Waals surface area contributed by atoms with E-state index in [4.69, 9.17) is 24.3 Å². The third-order valence-corrected chi connectivity index (χ3v) is 9.26. The number of carbonyl (C=O) groups excluding carboxylic acids is 1. The van der Waals surface area contributed by atoms with Crippen LogP contribution >= 0.6 is 7.82 Å². The number of ether oxygens (including phenoxy) is 2. The van der Waals surface area contributed by atoms with Crippen molar-refractivity contribution in [2.24, 2.45) is 5.73 Å². The van der Waals surface area contributed by atoms with E-state index in [1.54, 1.807) is 0 Å². The predicted octanol–water partition coefficient (Wildman–Crippen LogP) is 10.6. The second kappa shape index (κ2) is 34.8. The lowest BCUT2D eigenvalue weighted by Gasteiger charge is -2.20. The Labute approximate surface area is 278 Å². The van der Waals surface area contributed by atoms with Crippen molar-refractivity contribution >= 4 is 13.8 Å². The summed E-state index contributed by atoms with van der Waals surface area (Å²) in [6.45, 7) is 4.87. The minimum Gasteiger partial charge on any atom is -0.457 e. The summed E-state index contributed by atoms with van der Waals surface area (Å²) in [5.74, 6) is -0.339. The van der Waals surface area contributed by atoms with Crippen molar-refractivity contribution in [3.8, 4) is 0 Å².